The molecular weight excluding hydrogens is 376 g/mol. The molecule has 7 heteroatoms. The summed E-state index contributed by atoms with van der Waals surface area (Å²) in [5, 5.41) is 7.26. The fourth-order valence-corrected chi connectivity index (χ4v) is 4.76. The Morgan fingerprint density at radius 1 is 1.10 bits per heavy atom. The van der Waals surface area contributed by atoms with Crippen LogP contribution in [0.1, 0.15) is 37.1 Å². The number of carbonyl (C=O) groups is 1. The van der Waals surface area contributed by atoms with Gasteiger partial charge in [-0.15, -0.1) is 0 Å². The molecule has 1 amide bonds. The second-order valence-corrected chi connectivity index (χ2v) is 8.65. The second-order valence-electron chi connectivity index (χ2n) is 8.65. The number of piperidine rings is 2. The Hall–Kier alpha value is -2.25. The van der Waals surface area contributed by atoms with Crippen molar-refractivity contribution < 1.29 is 4.79 Å². The number of rotatable bonds is 7. The Kier molecular flexibility index (Phi) is 7.12. The summed E-state index contributed by atoms with van der Waals surface area (Å²) in [4.78, 5) is 22.3. The highest BCUT2D eigenvalue weighted by atomic mass is 16.1. The lowest BCUT2D eigenvalue weighted by atomic mass is 9.92. The van der Waals surface area contributed by atoms with Gasteiger partial charge in [-0.1, -0.05) is 6.07 Å². The van der Waals surface area contributed by atoms with Gasteiger partial charge < -0.3 is 10.2 Å². The minimum Gasteiger partial charge on any atom is -0.354 e. The van der Waals surface area contributed by atoms with E-state index in [1.54, 1.807) is 6.20 Å². The number of aromatic nitrogens is 3. The molecule has 0 radical (unpaired) electrons. The molecule has 2 fully saturated rings. The summed E-state index contributed by atoms with van der Waals surface area (Å²) in [6.07, 6.45) is 8.07. The maximum Gasteiger partial charge on any atom is 0.223 e. The van der Waals surface area contributed by atoms with Crippen molar-refractivity contribution in [3.8, 4) is 0 Å². The van der Waals surface area contributed by atoms with E-state index in [0.717, 1.165) is 57.8 Å². The molecule has 2 aliphatic rings. The molecule has 1 N–H and O–H groups in total. The van der Waals surface area contributed by atoms with Crippen LogP contribution in [0, 0.1) is 12.8 Å². The Morgan fingerprint density at radius 3 is 2.60 bits per heavy atom. The summed E-state index contributed by atoms with van der Waals surface area (Å²) < 4.78 is 1.85. The van der Waals surface area contributed by atoms with Crippen molar-refractivity contribution in [3.05, 3.63) is 48.0 Å². The maximum atomic E-state index is 12.5. The molecule has 4 heterocycles. The van der Waals surface area contributed by atoms with Crippen molar-refractivity contribution in [2.45, 2.75) is 51.7 Å². The van der Waals surface area contributed by atoms with Crippen LogP contribution in [-0.4, -0.2) is 69.2 Å². The van der Waals surface area contributed by atoms with Gasteiger partial charge in [0.1, 0.15) is 0 Å². The first-order valence-corrected chi connectivity index (χ1v) is 11.3. The van der Waals surface area contributed by atoms with Crippen LogP contribution in [0.2, 0.25) is 0 Å². The SMILES string of the molecule is Cc1cccc(CN2CCC(N3CCC(C(=O)NCCn4cccn4)CC3)CC2)n1. The molecular formula is C23H34N6O. The Balaban J connectivity index is 1.14. The summed E-state index contributed by atoms with van der Waals surface area (Å²) in [7, 11) is 0. The molecule has 0 atom stereocenters. The third kappa shape index (κ3) is 5.67. The predicted molar refractivity (Wildman–Crippen MR) is 117 cm³/mol. The zero-order valence-electron chi connectivity index (χ0n) is 18.0. The minimum atomic E-state index is 0.159. The number of hydrogen-bond acceptors (Lipinski definition) is 5. The number of amides is 1. The quantitative estimate of drug-likeness (QED) is 0.757. The highest BCUT2D eigenvalue weighted by molar-refractivity contribution is 5.78. The molecule has 2 saturated heterocycles. The van der Waals surface area contributed by atoms with Gasteiger partial charge in [0, 0.05) is 56.2 Å². The van der Waals surface area contributed by atoms with Crippen LogP contribution in [0.15, 0.2) is 36.7 Å². The van der Waals surface area contributed by atoms with E-state index in [2.05, 4.69) is 50.3 Å². The summed E-state index contributed by atoms with van der Waals surface area (Å²) in [6.45, 7) is 8.74. The zero-order valence-corrected chi connectivity index (χ0v) is 18.0. The standard InChI is InChI=1S/C23H34N6O/c1-19-4-2-5-21(26-19)18-27-13-8-22(9-14-27)28-15-6-20(7-16-28)23(30)24-11-17-29-12-3-10-25-29/h2-5,10,12,20,22H,6-9,11,13-18H2,1H3,(H,24,30). The van der Waals surface area contributed by atoms with Crippen LogP contribution >= 0.6 is 0 Å². The third-order valence-electron chi connectivity index (χ3n) is 6.50. The van der Waals surface area contributed by atoms with E-state index in [1.807, 2.05) is 16.9 Å². The van der Waals surface area contributed by atoms with Gasteiger partial charge in [0.15, 0.2) is 0 Å². The number of nitrogens with zero attached hydrogens (tertiary/aromatic N) is 5. The smallest absolute Gasteiger partial charge is 0.223 e. The molecule has 30 heavy (non-hydrogen) atoms. The maximum absolute atomic E-state index is 12.5. The highest BCUT2D eigenvalue weighted by Crippen LogP contribution is 2.24. The Labute approximate surface area is 179 Å². The first-order valence-electron chi connectivity index (χ1n) is 11.3. The average molecular weight is 411 g/mol. The first kappa shape index (κ1) is 21.0. The van der Waals surface area contributed by atoms with E-state index in [1.165, 1.54) is 18.5 Å². The number of hydrogen-bond donors (Lipinski definition) is 1. The molecule has 162 valence electrons. The van der Waals surface area contributed by atoms with Gasteiger partial charge >= 0.3 is 0 Å². The molecule has 0 aliphatic carbocycles. The fourth-order valence-electron chi connectivity index (χ4n) is 4.76. The van der Waals surface area contributed by atoms with Crippen LogP contribution < -0.4 is 5.32 Å². The topological polar surface area (TPSA) is 66.3 Å². The number of carbonyl (C=O) groups excluding carboxylic acids is 1. The minimum absolute atomic E-state index is 0.159. The lowest BCUT2D eigenvalue weighted by molar-refractivity contribution is -0.126. The Morgan fingerprint density at radius 2 is 1.90 bits per heavy atom. The summed E-state index contributed by atoms with van der Waals surface area (Å²) in [5.41, 5.74) is 2.27. The van der Waals surface area contributed by atoms with Crippen molar-refractivity contribution in [2.75, 3.05) is 32.7 Å². The van der Waals surface area contributed by atoms with E-state index in [9.17, 15) is 4.79 Å². The molecule has 7 nitrogen and oxygen atoms in total. The number of aryl methyl sites for hydroxylation is 1. The summed E-state index contributed by atoms with van der Waals surface area (Å²) in [5.74, 6) is 0.369. The molecule has 4 rings (SSSR count). The second kappa shape index (κ2) is 10.2. The molecule has 0 spiro atoms. The third-order valence-corrected chi connectivity index (χ3v) is 6.50. The lowest BCUT2D eigenvalue weighted by Crippen LogP contribution is -2.49. The van der Waals surface area contributed by atoms with E-state index >= 15 is 0 Å². The van der Waals surface area contributed by atoms with Gasteiger partial charge in [-0.25, -0.2) is 0 Å². The van der Waals surface area contributed by atoms with Crippen molar-refractivity contribution in [1.82, 2.24) is 29.9 Å². The van der Waals surface area contributed by atoms with Crippen molar-refractivity contribution in [2.24, 2.45) is 5.92 Å². The molecule has 2 aliphatic heterocycles. The highest BCUT2D eigenvalue weighted by Gasteiger charge is 2.30. The van der Waals surface area contributed by atoms with Gasteiger partial charge in [-0.3, -0.25) is 19.4 Å². The average Bonchev–Trinajstić information content (AvgIpc) is 3.28. The number of pyridine rings is 1. The van der Waals surface area contributed by atoms with Crippen molar-refractivity contribution in [3.63, 3.8) is 0 Å². The van der Waals surface area contributed by atoms with Crippen molar-refractivity contribution in [1.29, 1.82) is 0 Å². The number of likely N-dealkylation sites (tertiary alicyclic amines) is 2. The lowest BCUT2D eigenvalue weighted by Gasteiger charge is -2.41. The van der Waals surface area contributed by atoms with Gasteiger partial charge in [-0.2, -0.15) is 5.10 Å². The van der Waals surface area contributed by atoms with Crippen LogP contribution in [-0.2, 0) is 17.9 Å². The van der Waals surface area contributed by atoms with Crippen LogP contribution in [0.4, 0.5) is 0 Å². The molecule has 0 bridgehead atoms. The normalized spacial score (nSPS) is 19.8. The predicted octanol–water partition coefficient (Wildman–Crippen LogP) is 2.08. The summed E-state index contributed by atoms with van der Waals surface area (Å²) in [6, 6.07) is 8.85. The monoisotopic (exact) mass is 410 g/mol. The van der Waals surface area contributed by atoms with Gasteiger partial charge in [0.05, 0.1) is 12.2 Å². The van der Waals surface area contributed by atoms with E-state index < -0.39 is 0 Å². The first-order chi connectivity index (χ1) is 14.7. The van der Waals surface area contributed by atoms with E-state index in [-0.39, 0.29) is 11.8 Å². The Bertz CT molecular complexity index is 792. The molecule has 2 aromatic rings. The zero-order chi connectivity index (χ0) is 20.8. The van der Waals surface area contributed by atoms with Crippen LogP contribution in [0.25, 0.3) is 0 Å². The molecule has 0 aromatic carbocycles. The van der Waals surface area contributed by atoms with E-state index in [4.69, 9.17) is 0 Å². The van der Waals surface area contributed by atoms with Gasteiger partial charge in [-0.05, 0) is 63.9 Å². The van der Waals surface area contributed by atoms with Gasteiger partial charge in [0.25, 0.3) is 0 Å². The molecule has 0 unspecified atom stereocenters. The largest absolute Gasteiger partial charge is 0.354 e. The van der Waals surface area contributed by atoms with Crippen molar-refractivity contribution >= 4 is 5.91 Å². The van der Waals surface area contributed by atoms with Gasteiger partial charge in [0.2, 0.25) is 5.91 Å². The molecule has 0 saturated carbocycles. The van der Waals surface area contributed by atoms with Crippen LogP contribution in [0.3, 0.4) is 0 Å². The number of nitrogens with one attached hydrogen (secondary N) is 1. The summed E-state index contributed by atoms with van der Waals surface area (Å²) >= 11 is 0. The van der Waals surface area contributed by atoms with E-state index in [0.29, 0.717) is 12.6 Å². The fraction of sp³-hybridized carbons (Fsp3) is 0.609. The van der Waals surface area contributed by atoms with Crippen LogP contribution in [0.5, 0.6) is 0 Å². The molecule has 2 aromatic heterocycles.